The summed E-state index contributed by atoms with van der Waals surface area (Å²) < 4.78 is 40.2. The highest BCUT2D eigenvalue weighted by atomic mass is 35.5. The number of nitriles is 1. The number of aromatic carboxylic acids is 1. The van der Waals surface area contributed by atoms with E-state index in [0.29, 0.717) is 16.8 Å². The molecule has 1 aromatic heterocycles. The number of hydrogen-bond donors (Lipinski definition) is 1. The summed E-state index contributed by atoms with van der Waals surface area (Å²) in [5.41, 5.74) is 2.71. The second kappa shape index (κ2) is 8.32. The second-order valence-corrected chi connectivity index (χ2v) is 7.28. The molecule has 158 valence electrons. The molecule has 1 N–H and O–H groups in total. The van der Waals surface area contributed by atoms with Crippen molar-refractivity contribution in [3.05, 3.63) is 87.2 Å². The first-order chi connectivity index (χ1) is 14.5. The van der Waals surface area contributed by atoms with E-state index in [9.17, 15) is 23.2 Å². The Morgan fingerprint density at radius 3 is 2.29 bits per heavy atom. The van der Waals surface area contributed by atoms with Crippen LogP contribution in [0.4, 0.5) is 13.2 Å². The molecule has 0 spiro atoms. The van der Waals surface area contributed by atoms with Crippen LogP contribution >= 0.6 is 11.6 Å². The molecule has 4 nitrogen and oxygen atoms in total. The first-order valence-corrected chi connectivity index (χ1v) is 9.42. The van der Waals surface area contributed by atoms with Crippen molar-refractivity contribution in [2.75, 3.05) is 0 Å². The van der Waals surface area contributed by atoms with Gasteiger partial charge in [0.15, 0.2) is 0 Å². The van der Waals surface area contributed by atoms with Gasteiger partial charge >= 0.3 is 12.1 Å². The number of halogens is 4. The molecular formula is C23H16ClF3N2O2. The predicted octanol–water partition coefficient (Wildman–Crippen LogP) is 6.53. The molecule has 0 radical (unpaired) electrons. The Balaban J connectivity index is 2.03. The van der Waals surface area contributed by atoms with Gasteiger partial charge in [0.1, 0.15) is 0 Å². The first-order valence-electron chi connectivity index (χ1n) is 9.04. The van der Waals surface area contributed by atoms with E-state index >= 15 is 0 Å². The number of carboxylic acids is 1. The van der Waals surface area contributed by atoms with Gasteiger partial charge in [-0.05, 0) is 67.4 Å². The third kappa shape index (κ3) is 4.49. The average Bonchev–Trinajstić information content (AvgIpc) is 2.98. The molecule has 31 heavy (non-hydrogen) atoms. The van der Waals surface area contributed by atoms with E-state index in [1.54, 1.807) is 18.2 Å². The molecule has 3 rings (SSSR count). The van der Waals surface area contributed by atoms with Crippen LogP contribution in [0.15, 0.2) is 48.5 Å². The van der Waals surface area contributed by atoms with Crippen LogP contribution in [0.1, 0.15) is 38.4 Å². The van der Waals surface area contributed by atoms with Crippen LogP contribution in [0.3, 0.4) is 0 Å². The summed E-state index contributed by atoms with van der Waals surface area (Å²) in [7, 11) is 0. The van der Waals surface area contributed by atoms with Crippen molar-refractivity contribution in [3.63, 3.8) is 0 Å². The molecule has 0 aliphatic heterocycles. The van der Waals surface area contributed by atoms with Gasteiger partial charge in [-0.25, -0.2) is 4.79 Å². The molecule has 0 saturated heterocycles. The normalized spacial score (nSPS) is 12.0. The van der Waals surface area contributed by atoms with Gasteiger partial charge in [0, 0.05) is 17.1 Å². The number of hydrogen-bond acceptors (Lipinski definition) is 2. The maximum atomic E-state index is 12.8. The zero-order chi connectivity index (χ0) is 22.9. The highest BCUT2D eigenvalue weighted by Gasteiger charge is 2.30. The molecule has 0 amide bonds. The van der Waals surface area contributed by atoms with Crippen molar-refractivity contribution in [2.45, 2.75) is 20.0 Å². The fraction of sp³-hybridized carbons (Fsp3) is 0.130. The maximum absolute atomic E-state index is 12.8. The Morgan fingerprint density at radius 2 is 1.77 bits per heavy atom. The summed E-state index contributed by atoms with van der Waals surface area (Å²) in [4.78, 5) is 11.2. The molecule has 3 aromatic rings. The standard InChI is InChI=1S/C23H16ClF3N2O2/c1-13-9-16(10-17(12-28)15-3-5-18(6-4-15)23(25,26)27)14(2)29(13)19-7-8-20(22(30)31)21(24)11-19/h3-11H,1-2H3,(H,30,31)/b17-10-. The van der Waals surface area contributed by atoms with Crippen LogP contribution < -0.4 is 0 Å². The van der Waals surface area contributed by atoms with Crippen molar-refractivity contribution in [2.24, 2.45) is 0 Å². The fourth-order valence-corrected chi connectivity index (χ4v) is 3.58. The third-order valence-corrected chi connectivity index (χ3v) is 5.17. The summed E-state index contributed by atoms with van der Waals surface area (Å²) in [6.45, 7) is 3.66. The molecule has 2 aromatic carbocycles. The van der Waals surface area contributed by atoms with Crippen molar-refractivity contribution in [3.8, 4) is 11.8 Å². The number of allylic oxidation sites excluding steroid dienone is 1. The number of aryl methyl sites for hydroxylation is 1. The van der Waals surface area contributed by atoms with Crippen LogP contribution in [0, 0.1) is 25.2 Å². The largest absolute Gasteiger partial charge is 0.478 e. The van der Waals surface area contributed by atoms with Crippen LogP contribution in [-0.2, 0) is 6.18 Å². The van der Waals surface area contributed by atoms with Crippen LogP contribution in [0.5, 0.6) is 0 Å². The molecule has 0 aliphatic rings. The zero-order valence-electron chi connectivity index (χ0n) is 16.5. The SMILES string of the molecule is Cc1cc(/C=C(/C#N)c2ccc(C(F)(F)F)cc2)c(C)n1-c1ccc(C(=O)O)c(Cl)c1. The first kappa shape index (κ1) is 22.2. The molecule has 0 saturated carbocycles. The van der Waals surface area contributed by atoms with Gasteiger partial charge in [-0.15, -0.1) is 0 Å². The van der Waals surface area contributed by atoms with Crippen molar-refractivity contribution < 1.29 is 23.1 Å². The molecule has 1 heterocycles. The highest BCUT2D eigenvalue weighted by Crippen LogP contribution is 2.31. The van der Waals surface area contributed by atoms with Gasteiger partial charge in [0.2, 0.25) is 0 Å². The summed E-state index contributed by atoms with van der Waals surface area (Å²) in [5, 5.41) is 18.8. The van der Waals surface area contributed by atoms with E-state index in [-0.39, 0.29) is 16.2 Å². The summed E-state index contributed by atoms with van der Waals surface area (Å²) in [6.07, 6.45) is -2.84. The van der Waals surface area contributed by atoms with Crippen LogP contribution in [0.25, 0.3) is 17.3 Å². The minimum atomic E-state index is -4.45. The predicted molar refractivity (Wildman–Crippen MR) is 112 cm³/mol. The molecule has 8 heteroatoms. The minimum Gasteiger partial charge on any atom is -0.478 e. The van der Waals surface area contributed by atoms with Crippen molar-refractivity contribution >= 4 is 29.2 Å². The molecule has 0 fully saturated rings. The van der Waals surface area contributed by atoms with E-state index < -0.39 is 17.7 Å². The van der Waals surface area contributed by atoms with E-state index in [1.165, 1.54) is 18.2 Å². The lowest BCUT2D eigenvalue weighted by molar-refractivity contribution is -0.137. The van der Waals surface area contributed by atoms with Gasteiger partial charge in [0.05, 0.1) is 27.8 Å². The van der Waals surface area contributed by atoms with Gasteiger partial charge in [-0.2, -0.15) is 18.4 Å². The molecule has 0 unspecified atom stereocenters. The average molecular weight is 445 g/mol. The van der Waals surface area contributed by atoms with Gasteiger partial charge < -0.3 is 9.67 Å². The molecular weight excluding hydrogens is 429 g/mol. The molecule has 0 bridgehead atoms. The van der Waals surface area contributed by atoms with E-state index in [0.717, 1.165) is 23.5 Å². The summed E-state index contributed by atoms with van der Waals surface area (Å²) in [6, 6.07) is 12.9. The Bertz CT molecular complexity index is 1230. The number of carboxylic acid groups (broad SMARTS) is 1. The number of rotatable bonds is 4. The summed E-state index contributed by atoms with van der Waals surface area (Å²) in [5.74, 6) is -1.13. The lowest BCUT2D eigenvalue weighted by Gasteiger charge is -2.11. The van der Waals surface area contributed by atoms with E-state index in [4.69, 9.17) is 16.7 Å². The number of alkyl halides is 3. The monoisotopic (exact) mass is 444 g/mol. The number of aromatic nitrogens is 1. The van der Waals surface area contributed by atoms with E-state index in [1.807, 2.05) is 30.6 Å². The van der Waals surface area contributed by atoms with Crippen LogP contribution in [0.2, 0.25) is 5.02 Å². The second-order valence-electron chi connectivity index (χ2n) is 6.88. The molecule has 0 aliphatic carbocycles. The zero-order valence-corrected chi connectivity index (χ0v) is 17.2. The van der Waals surface area contributed by atoms with Crippen LogP contribution in [-0.4, -0.2) is 15.6 Å². The Hall–Kier alpha value is -3.50. The highest BCUT2D eigenvalue weighted by molar-refractivity contribution is 6.33. The lowest BCUT2D eigenvalue weighted by atomic mass is 10.0. The van der Waals surface area contributed by atoms with Gasteiger partial charge in [0.25, 0.3) is 0 Å². The Kier molecular flexibility index (Phi) is 5.96. The lowest BCUT2D eigenvalue weighted by Crippen LogP contribution is -2.04. The Morgan fingerprint density at radius 1 is 1.13 bits per heavy atom. The smallest absolute Gasteiger partial charge is 0.416 e. The van der Waals surface area contributed by atoms with Gasteiger partial charge in [-0.3, -0.25) is 0 Å². The van der Waals surface area contributed by atoms with Crippen molar-refractivity contribution in [1.29, 1.82) is 5.26 Å². The maximum Gasteiger partial charge on any atom is 0.416 e. The third-order valence-electron chi connectivity index (χ3n) is 4.86. The fourth-order valence-electron chi connectivity index (χ4n) is 3.32. The number of benzene rings is 2. The van der Waals surface area contributed by atoms with E-state index in [2.05, 4.69) is 0 Å². The topological polar surface area (TPSA) is 66.0 Å². The number of carbonyl (C=O) groups is 1. The number of nitrogens with zero attached hydrogens (tertiary/aromatic N) is 2. The Labute approximate surface area is 181 Å². The minimum absolute atomic E-state index is 0.0120. The van der Waals surface area contributed by atoms with Gasteiger partial charge in [-0.1, -0.05) is 23.7 Å². The quantitative estimate of drug-likeness (QED) is 0.465. The summed E-state index contributed by atoms with van der Waals surface area (Å²) >= 11 is 6.09. The molecule has 0 atom stereocenters. The van der Waals surface area contributed by atoms with Crippen molar-refractivity contribution in [1.82, 2.24) is 4.57 Å².